The molecule has 846 valence electrons. The number of para-hydroxylation sites is 2. The minimum Gasteiger partial charge on any atom is -0.545 e. The van der Waals surface area contributed by atoms with Crippen LogP contribution in [0.2, 0.25) is 21.3 Å². The van der Waals surface area contributed by atoms with E-state index in [1.54, 1.807) is 98.8 Å². The van der Waals surface area contributed by atoms with Gasteiger partial charge in [0.05, 0.1) is 31.4 Å². The van der Waals surface area contributed by atoms with Crippen LogP contribution < -0.4 is 9.47 Å². The van der Waals surface area contributed by atoms with E-state index in [-0.39, 0.29) is 321 Å². The van der Waals surface area contributed by atoms with Crippen LogP contribution in [0.4, 0.5) is 0 Å². The number of benzene rings is 6. The molecule has 30 heteroatoms. The van der Waals surface area contributed by atoms with Crippen molar-refractivity contribution in [3.8, 4) is 11.5 Å². The second-order valence-electron chi connectivity index (χ2n) is 28.2. The van der Waals surface area contributed by atoms with E-state index in [1.807, 2.05) is 281 Å². The quantitative estimate of drug-likeness (QED) is 0.0166. The van der Waals surface area contributed by atoms with Gasteiger partial charge in [-0.2, -0.15) is 103 Å². The normalized spacial score (nSPS) is 8.09. The molecule has 0 heterocycles. The first-order valence-electron chi connectivity index (χ1n) is 40.9. The smallest absolute Gasteiger partial charge is 0.379 e. The van der Waals surface area contributed by atoms with Crippen molar-refractivity contribution in [1.82, 2.24) is 0 Å². The number of ketones is 6. The summed E-state index contributed by atoms with van der Waals surface area (Å²) in [5.74, 6) is -1.29. The predicted octanol–water partition coefficient (Wildman–Crippen LogP) is 35.2. The number of aryl methyl sites for hydroxylation is 3. The number of ether oxygens (including phenoxy) is 4. The molecule has 18 nitrogen and oxygen atoms in total. The Balaban J connectivity index is -0.0000000265. The van der Waals surface area contributed by atoms with Gasteiger partial charge in [0.25, 0.3) is 10.2 Å². The van der Waals surface area contributed by atoms with Crippen LogP contribution in [0.1, 0.15) is 436 Å². The van der Waals surface area contributed by atoms with Gasteiger partial charge >= 0.3 is 23.9 Å². The first-order valence-corrected chi connectivity index (χ1v) is 42.5. The van der Waals surface area contributed by atoms with Gasteiger partial charge in [0.2, 0.25) is 23.1 Å². The van der Waals surface area contributed by atoms with E-state index in [4.69, 9.17) is 66.1 Å². The molecule has 6 aromatic carbocycles. The van der Waals surface area contributed by atoms with Crippen molar-refractivity contribution in [1.29, 1.82) is 0 Å². The van der Waals surface area contributed by atoms with Crippen LogP contribution in [-0.4, -0.2) is 129 Å². The molecule has 6 aromatic rings. The minimum absolute atomic E-state index is 0. The molecule has 0 aliphatic rings. The van der Waals surface area contributed by atoms with E-state index in [0.717, 1.165) is 72.8 Å². The average molecular weight is 2400 g/mol. The van der Waals surface area contributed by atoms with Gasteiger partial charge in [-0.1, -0.05) is 401 Å². The van der Waals surface area contributed by atoms with Gasteiger partial charge in [-0.25, -0.2) is 9.59 Å². The second-order valence-corrected chi connectivity index (χ2v) is 30.3. The number of rotatable bonds is 16. The average Bonchev–Trinajstić information content (AvgIpc) is 0.865. The van der Waals surface area contributed by atoms with E-state index in [2.05, 4.69) is 35.2 Å². The Morgan fingerprint density at radius 3 is 0.687 bits per heavy atom. The molecule has 0 aliphatic heterocycles. The Hall–Kier alpha value is -4.59. The monoisotopic (exact) mass is 2400 g/mol. The molecule has 0 saturated heterocycles. The molecule has 0 aliphatic carbocycles. The molecule has 2 atom stereocenters. The van der Waals surface area contributed by atoms with Gasteiger partial charge < -0.3 is 49.8 Å². The zero-order valence-electron chi connectivity index (χ0n) is 85.6. The van der Waals surface area contributed by atoms with Crippen LogP contribution >= 0.6 is 23.5 Å². The first kappa shape index (κ1) is 251. The van der Waals surface area contributed by atoms with Crippen molar-refractivity contribution in [2.24, 2.45) is 0 Å². The summed E-state index contributed by atoms with van der Waals surface area (Å²) in [6.07, 6.45) is 0.539. The Morgan fingerprint density at radius 1 is 0.327 bits per heavy atom. The topological polar surface area (TPSA) is 276 Å². The molecule has 0 amide bonds. The molecular weight excluding hydrogens is 2180 g/mol. The summed E-state index contributed by atoms with van der Waals surface area (Å²) in [4.78, 5) is 145. The zero-order chi connectivity index (χ0) is 102. The maximum atomic E-state index is 10.9. The number of carbonyl (C=O) groups is 12. The van der Waals surface area contributed by atoms with E-state index in [9.17, 15) is 57.5 Å². The molecule has 0 aromatic heterocycles. The minimum atomic E-state index is -0.832. The van der Waals surface area contributed by atoms with Gasteiger partial charge in [-0.15, -0.1) is 11.1 Å². The van der Waals surface area contributed by atoms with Gasteiger partial charge in [0.1, 0.15) is 35.3 Å². The van der Waals surface area contributed by atoms with Crippen LogP contribution in [0.5, 0.6) is 11.5 Å². The van der Waals surface area contributed by atoms with Crippen LogP contribution in [0.3, 0.4) is 0 Å². The summed E-state index contributed by atoms with van der Waals surface area (Å²) >= 11 is 1.93. The van der Waals surface area contributed by atoms with Crippen LogP contribution in [-0.2, 0) is 207 Å². The summed E-state index contributed by atoms with van der Waals surface area (Å²) in [5, 5.41) is -1.49. The number of Topliss-reactive ketones (excluding diaryl/α,β-unsaturated/α-hetero) is 6. The molecule has 0 fully saturated rings. The molecule has 0 bridgehead atoms. The number of hydrogen-bond acceptors (Lipinski definition) is 20. The number of carbonyl (C=O) groups excluding carboxylic acids is 14. The third-order valence-electron chi connectivity index (χ3n) is 10.1. The predicted molar refractivity (Wildman–Crippen MR) is 651 cm³/mol. The van der Waals surface area contributed by atoms with Crippen molar-refractivity contribution >= 4 is 153 Å². The summed E-state index contributed by atoms with van der Waals surface area (Å²) < 4.78 is 19.5. The number of thioether (sulfide) groups is 2. The van der Waals surface area contributed by atoms with Gasteiger partial charge in [-0.3, -0.25) is 51.9 Å². The van der Waals surface area contributed by atoms with E-state index < -0.39 is 45.3 Å². The van der Waals surface area contributed by atoms with Gasteiger partial charge in [0, 0.05) is 195 Å². The first-order chi connectivity index (χ1) is 57.7. The second kappa shape index (κ2) is 166. The van der Waals surface area contributed by atoms with Crippen molar-refractivity contribution in [3.63, 3.8) is 0 Å². The molecule has 0 N–H and O–H groups in total. The Labute approximate surface area is 1030 Å². The third-order valence-corrected chi connectivity index (χ3v) is 12.1. The molecular formula is C117H222B6O18S2Y4-6. The number of esters is 4. The van der Waals surface area contributed by atoms with Crippen LogP contribution in [0.15, 0.2) is 161 Å². The molecule has 147 heavy (non-hydrogen) atoms. The largest absolute Gasteiger partial charge is 0.545 e. The number of hydrogen-bond donors (Lipinski definition) is 0. The molecule has 16 radical (unpaired) electrons. The van der Waals surface area contributed by atoms with E-state index in [0.29, 0.717) is 24.3 Å². The van der Waals surface area contributed by atoms with Crippen LogP contribution in [0.25, 0.3) is 0 Å². The van der Waals surface area contributed by atoms with E-state index >= 15 is 0 Å². The third kappa shape index (κ3) is 238. The van der Waals surface area contributed by atoms with Crippen molar-refractivity contribution in [3.05, 3.63) is 203 Å². The van der Waals surface area contributed by atoms with E-state index in [1.165, 1.54) is 41.5 Å². The Morgan fingerprint density at radius 2 is 0.524 bits per heavy atom. The fourth-order valence-electron chi connectivity index (χ4n) is 6.59. The van der Waals surface area contributed by atoms with Crippen molar-refractivity contribution < 1.29 is 217 Å². The summed E-state index contributed by atoms with van der Waals surface area (Å²) in [7, 11) is 31.8. The van der Waals surface area contributed by atoms with Crippen molar-refractivity contribution in [2.75, 3.05) is 0 Å². The standard InChI is InChI=1S/C12H15O2.C11H13O2.2C9H8O3.2C9H8O2S.2C6H11BO.2C4H9B.2C3H6B.6C2H6.2CHO.18CH4.4Y/c1-8-5-9(2)7-12(6-8)10(3)14-11(4)13;1-8-5-4-6-11(7-8)9(2)13-10(3)12;4*1-7(10)9(11)12-8-5-3-2-4-6-8;2*1-5(8)4-6(2,3)7;2*1-4(2,3)5;2*1-3(2)4;8*1-2;;;;;;;;;;;;;;;;;;;;;;/h6-7,10H,1-4H3;4-6,9H,1-3H3;4*2-6H,1H3;2*4H2,1-3H3;2*1-3H3;2*1-2H3;6*1-2H3;2*1H;18*1H4;;;;/q2*-1;;;;;;;;;2*-1;;;;;;;2*-1;;;;;;;;;;;;;;;;;;;;;;. The molecule has 6 rings (SSSR count). The van der Waals surface area contributed by atoms with Crippen LogP contribution in [0, 0.1) is 44.5 Å². The summed E-state index contributed by atoms with van der Waals surface area (Å²) in [5.41, 5.74) is 5.12. The molecule has 0 spiro atoms. The molecule has 0 saturated carbocycles. The Kier molecular flexibility index (Phi) is 285. The fourth-order valence-corrected chi connectivity index (χ4v) is 7.89. The zero-order valence-corrected chi connectivity index (χ0v) is 98.6. The maximum absolute atomic E-state index is 10.9. The maximum Gasteiger partial charge on any atom is 0.379 e. The molecule has 2 unspecified atom stereocenters. The summed E-state index contributed by atoms with van der Waals surface area (Å²) in [6.45, 7) is 77.6. The SMILES string of the molecule is C.C.C.C.C.C.C.C.C.C.C.C.C.C.C.C.C.C.CC.CC.CC.CC.CC.CC.CC(=O)C(=O)Oc1ccccc1.CC(=O)C(=O)Oc1ccccc1.CC(=O)C(=O)Sc1ccccc1.CC(=O)C(=O)Sc1ccccc1.CC(=O)OC(C)c1[c-]c(C)ccc1.CC(=O)OC(C)c1cc(C)[c-]c(C)c1.[B]C(C)(C)C.[B]C(C)(C)C.[B]C(C)(C)CC(C)=O.[B]C(C)(C)CC(C)=O.[B][C-](C)C.[B][C-](C)C.[CH-]=O.[CH-]=O.[Y].[Y].[Y].[Y]. The van der Waals surface area contributed by atoms with Gasteiger partial charge in [-0.05, 0) is 99.7 Å². The van der Waals surface area contributed by atoms with Crippen molar-refractivity contribution in [2.45, 2.75) is 460 Å². The fraction of sp³-hybridized carbons (Fsp3) is 0.556. The Bertz CT molecular complexity index is 3360. The van der Waals surface area contributed by atoms with Gasteiger partial charge in [0.15, 0.2) is 0 Å². The summed E-state index contributed by atoms with van der Waals surface area (Å²) in [6, 6.07) is 51.3.